The van der Waals surface area contributed by atoms with Crippen LogP contribution in [0.3, 0.4) is 0 Å². The predicted octanol–water partition coefficient (Wildman–Crippen LogP) is 4.71. The van der Waals surface area contributed by atoms with Crippen LogP contribution in [0, 0.1) is 0 Å². The van der Waals surface area contributed by atoms with E-state index in [1.54, 1.807) is 0 Å². The van der Waals surface area contributed by atoms with Crippen molar-refractivity contribution < 1.29 is 0 Å². The number of rotatable bonds is 3. The van der Waals surface area contributed by atoms with E-state index >= 15 is 0 Å². The molecule has 0 aliphatic carbocycles. The molecule has 0 atom stereocenters. The van der Waals surface area contributed by atoms with Crippen LogP contribution in [0.2, 0.25) is 10.0 Å². The summed E-state index contributed by atoms with van der Waals surface area (Å²) in [5.74, 6) is 1.41. The molecule has 0 fully saturated rings. The van der Waals surface area contributed by atoms with Gasteiger partial charge in [0, 0.05) is 29.6 Å². The van der Waals surface area contributed by atoms with Gasteiger partial charge in [-0.05, 0) is 37.3 Å². The molecule has 2 aromatic carbocycles. The smallest absolute Gasteiger partial charge is 0.213 e. The van der Waals surface area contributed by atoms with E-state index in [2.05, 4.69) is 17.1 Å². The first-order valence-electron chi connectivity index (χ1n) is 7.90. The van der Waals surface area contributed by atoms with Crippen LogP contribution < -0.4 is 4.90 Å². The van der Waals surface area contributed by atoms with Crippen molar-refractivity contribution in [2.24, 2.45) is 0 Å². The van der Waals surface area contributed by atoms with E-state index in [0.717, 1.165) is 34.6 Å². The second-order valence-corrected chi connectivity index (χ2v) is 6.59. The summed E-state index contributed by atoms with van der Waals surface area (Å²) >= 11 is 12.5. The molecule has 2 aromatic heterocycles. The number of halogens is 2. The van der Waals surface area contributed by atoms with E-state index in [1.165, 1.54) is 0 Å². The van der Waals surface area contributed by atoms with Crippen molar-refractivity contribution in [3.63, 3.8) is 0 Å². The normalized spacial score (nSPS) is 11.4. The molecule has 0 N–H and O–H groups in total. The zero-order valence-electron chi connectivity index (χ0n) is 13.7. The van der Waals surface area contributed by atoms with Crippen LogP contribution in [0.15, 0.2) is 42.5 Å². The van der Waals surface area contributed by atoms with Crippen LogP contribution in [0.5, 0.6) is 0 Å². The molecule has 4 rings (SSSR count). The second kappa shape index (κ2) is 6.17. The lowest BCUT2D eigenvalue weighted by Crippen LogP contribution is -2.21. The molecule has 4 aromatic rings. The van der Waals surface area contributed by atoms with Crippen LogP contribution in [0.1, 0.15) is 6.92 Å². The van der Waals surface area contributed by atoms with Gasteiger partial charge in [0.1, 0.15) is 0 Å². The van der Waals surface area contributed by atoms with Gasteiger partial charge < -0.3 is 4.90 Å². The Kier molecular flexibility index (Phi) is 3.98. The quantitative estimate of drug-likeness (QED) is 0.523. The SMILES string of the molecule is CCN(C)c1nc2cc(Cl)ccc2c2nnc(-c3ccccc3Cl)n12. The fourth-order valence-electron chi connectivity index (χ4n) is 2.81. The molecule has 0 aliphatic heterocycles. The minimum Gasteiger partial charge on any atom is -0.345 e. The van der Waals surface area contributed by atoms with Crippen molar-refractivity contribution in [2.45, 2.75) is 6.92 Å². The molecule has 25 heavy (non-hydrogen) atoms. The van der Waals surface area contributed by atoms with Gasteiger partial charge in [-0.3, -0.25) is 0 Å². The molecule has 5 nitrogen and oxygen atoms in total. The van der Waals surface area contributed by atoms with E-state index < -0.39 is 0 Å². The van der Waals surface area contributed by atoms with Crippen LogP contribution in [-0.2, 0) is 0 Å². The Morgan fingerprint density at radius 3 is 2.64 bits per heavy atom. The number of aromatic nitrogens is 4. The summed E-state index contributed by atoms with van der Waals surface area (Å²) in [5, 5.41) is 11.0. The van der Waals surface area contributed by atoms with Crippen molar-refractivity contribution in [1.82, 2.24) is 19.6 Å². The lowest BCUT2D eigenvalue weighted by molar-refractivity contribution is 0.890. The molecule has 126 valence electrons. The highest BCUT2D eigenvalue weighted by atomic mass is 35.5. The fraction of sp³-hybridized carbons (Fsp3) is 0.167. The van der Waals surface area contributed by atoms with Gasteiger partial charge in [-0.1, -0.05) is 35.3 Å². The van der Waals surface area contributed by atoms with Crippen molar-refractivity contribution in [2.75, 3.05) is 18.5 Å². The number of anilines is 1. The summed E-state index contributed by atoms with van der Waals surface area (Å²) in [6, 6.07) is 13.2. The number of hydrogen-bond donors (Lipinski definition) is 0. The topological polar surface area (TPSA) is 46.3 Å². The number of nitrogens with zero attached hydrogens (tertiary/aromatic N) is 5. The van der Waals surface area contributed by atoms with Crippen LogP contribution in [0.4, 0.5) is 5.95 Å². The Labute approximate surface area is 154 Å². The van der Waals surface area contributed by atoms with Gasteiger partial charge in [-0.2, -0.15) is 0 Å². The zero-order chi connectivity index (χ0) is 17.6. The lowest BCUT2D eigenvalue weighted by Gasteiger charge is -2.19. The highest BCUT2D eigenvalue weighted by molar-refractivity contribution is 6.33. The molecule has 7 heteroatoms. The first-order chi connectivity index (χ1) is 12.1. The molecule has 0 unspecified atom stereocenters. The molecule has 0 amide bonds. The number of benzene rings is 2. The van der Waals surface area contributed by atoms with E-state index in [-0.39, 0.29) is 0 Å². The first kappa shape index (κ1) is 16.1. The van der Waals surface area contributed by atoms with E-state index in [1.807, 2.05) is 58.8 Å². The van der Waals surface area contributed by atoms with Gasteiger partial charge in [0.25, 0.3) is 0 Å². The third-order valence-corrected chi connectivity index (χ3v) is 4.78. The average Bonchev–Trinajstić information content (AvgIpc) is 3.05. The first-order valence-corrected chi connectivity index (χ1v) is 8.66. The molecule has 0 radical (unpaired) electrons. The summed E-state index contributed by atoms with van der Waals surface area (Å²) in [4.78, 5) is 6.84. The van der Waals surface area contributed by atoms with E-state index in [0.29, 0.717) is 15.9 Å². The van der Waals surface area contributed by atoms with Gasteiger partial charge in [-0.15, -0.1) is 10.2 Å². The largest absolute Gasteiger partial charge is 0.345 e. The number of fused-ring (bicyclic) bond motifs is 3. The van der Waals surface area contributed by atoms with Crippen LogP contribution >= 0.6 is 23.2 Å². The minimum atomic E-state index is 0.623. The van der Waals surface area contributed by atoms with Crippen molar-refractivity contribution >= 4 is 45.7 Å². The molecular formula is C18H15Cl2N5. The number of hydrogen-bond acceptors (Lipinski definition) is 4. The zero-order valence-corrected chi connectivity index (χ0v) is 15.3. The van der Waals surface area contributed by atoms with Crippen LogP contribution in [-0.4, -0.2) is 33.2 Å². The van der Waals surface area contributed by atoms with Crippen molar-refractivity contribution in [3.05, 3.63) is 52.5 Å². The summed E-state index contributed by atoms with van der Waals surface area (Å²) in [6.07, 6.45) is 0. The Morgan fingerprint density at radius 1 is 1.08 bits per heavy atom. The van der Waals surface area contributed by atoms with Crippen LogP contribution in [0.25, 0.3) is 27.9 Å². The average molecular weight is 372 g/mol. The third kappa shape index (κ3) is 2.60. The van der Waals surface area contributed by atoms with Gasteiger partial charge in [0.2, 0.25) is 5.95 Å². The Hall–Kier alpha value is -2.37. The standard InChI is InChI=1S/C18H15Cl2N5/c1-3-24(2)18-21-15-10-11(19)8-9-13(15)17-23-22-16(25(17)18)12-6-4-5-7-14(12)20/h4-10H,3H2,1-2H3. The Balaban J connectivity index is 2.13. The van der Waals surface area contributed by atoms with Gasteiger partial charge in [-0.25, -0.2) is 9.38 Å². The summed E-state index contributed by atoms with van der Waals surface area (Å²) in [7, 11) is 1.98. The molecule has 0 saturated carbocycles. The fourth-order valence-corrected chi connectivity index (χ4v) is 3.19. The van der Waals surface area contributed by atoms with Gasteiger partial charge >= 0.3 is 0 Å². The Morgan fingerprint density at radius 2 is 1.88 bits per heavy atom. The van der Waals surface area contributed by atoms with Gasteiger partial charge in [0.05, 0.1) is 10.5 Å². The molecule has 0 aliphatic rings. The van der Waals surface area contributed by atoms with Gasteiger partial charge in [0.15, 0.2) is 11.5 Å². The summed E-state index contributed by atoms with van der Waals surface area (Å²) < 4.78 is 1.95. The molecule has 0 bridgehead atoms. The minimum absolute atomic E-state index is 0.623. The highest BCUT2D eigenvalue weighted by Gasteiger charge is 2.19. The maximum atomic E-state index is 6.39. The maximum absolute atomic E-state index is 6.39. The lowest BCUT2D eigenvalue weighted by atomic mass is 10.2. The highest BCUT2D eigenvalue weighted by Crippen LogP contribution is 2.32. The van der Waals surface area contributed by atoms with E-state index in [4.69, 9.17) is 28.2 Å². The van der Waals surface area contributed by atoms with Crippen molar-refractivity contribution in [3.8, 4) is 11.4 Å². The molecule has 0 spiro atoms. The van der Waals surface area contributed by atoms with E-state index in [9.17, 15) is 0 Å². The predicted molar refractivity (Wildman–Crippen MR) is 103 cm³/mol. The Bertz CT molecular complexity index is 1090. The molecule has 2 heterocycles. The maximum Gasteiger partial charge on any atom is 0.213 e. The second-order valence-electron chi connectivity index (χ2n) is 5.75. The van der Waals surface area contributed by atoms with Crippen molar-refractivity contribution in [1.29, 1.82) is 0 Å². The molecular weight excluding hydrogens is 357 g/mol. The summed E-state index contributed by atoms with van der Waals surface area (Å²) in [5.41, 5.74) is 2.33. The third-order valence-electron chi connectivity index (χ3n) is 4.21. The molecule has 0 saturated heterocycles. The monoisotopic (exact) mass is 371 g/mol. The summed E-state index contributed by atoms with van der Waals surface area (Å²) in [6.45, 7) is 2.85.